The molecule has 0 aliphatic rings. The molecule has 0 amide bonds. The van der Waals surface area contributed by atoms with E-state index in [0.717, 1.165) is 16.2 Å². The summed E-state index contributed by atoms with van der Waals surface area (Å²) in [6.45, 7) is 6.32. The van der Waals surface area contributed by atoms with Crippen LogP contribution in [0.2, 0.25) is 4.47 Å². The van der Waals surface area contributed by atoms with Gasteiger partial charge in [0.15, 0.2) is 0 Å². The van der Waals surface area contributed by atoms with Crippen LogP contribution in [-0.2, 0) is 10.8 Å². The zero-order valence-electron chi connectivity index (χ0n) is 13.2. The Hall–Kier alpha value is -0.140. The Labute approximate surface area is 141 Å². The van der Waals surface area contributed by atoms with Crippen molar-refractivity contribution in [2.75, 3.05) is 0 Å². The Bertz CT molecular complexity index is 471. The number of aliphatic hydroxyl groups is 1. The molecule has 0 aliphatic heterocycles. The first-order chi connectivity index (χ1) is 10.1. The Balaban J connectivity index is 3.01. The maximum absolute atomic E-state index is 12.8. The van der Waals surface area contributed by atoms with Gasteiger partial charge in [-0.25, -0.2) is 0 Å². The molecule has 2 nitrogen and oxygen atoms in total. The average Bonchev–Trinajstić information content (AvgIpc) is 2.49. The summed E-state index contributed by atoms with van der Waals surface area (Å²) in [6, 6.07) is 9.50. The molecule has 2 unspecified atom stereocenters. The van der Waals surface area contributed by atoms with Crippen LogP contribution in [0.25, 0.3) is 0 Å². The first-order valence-corrected chi connectivity index (χ1v) is 11.6. The van der Waals surface area contributed by atoms with Crippen LogP contribution in [0.4, 0.5) is 0 Å². The van der Waals surface area contributed by atoms with Crippen LogP contribution in [0, 0.1) is 0 Å². The maximum atomic E-state index is 12.8. The van der Waals surface area contributed by atoms with E-state index in [4.69, 9.17) is 0 Å². The number of allylic oxidation sites excluding steroid dienone is 1. The van der Waals surface area contributed by atoms with Crippen molar-refractivity contribution in [1.29, 1.82) is 0 Å². The zero-order chi connectivity index (χ0) is 15.7. The minimum atomic E-state index is -1.23. The van der Waals surface area contributed by atoms with E-state index in [0.29, 0.717) is 6.42 Å². The monoisotopic (exact) mass is 424 g/mol. The van der Waals surface area contributed by atoms with E-state index < -0.39 is 16.9 Å². The third kappa shape index (κ3) is 6.24. The molecule has 1 N–H and O–H groups in total. The van der Waals surface area contributed by atoms with Crippen molar-refractivity contribution in [2.24, 2.45) is 0 Å². The topological polar surface area (TPSA) is 37.3 Å². The van der Waals surface area contributed by atoms with Gasteiger partial charge in [-0.2, -0.15) is 0 Å². The van der Waals surface area contributed by atoms with Gasteiger partial charge in [-0.1, -0.05) is 0 Å². The Morgan fingerprint density at radius 3 is 2.48 bits per heavy atom. The van der Waals surface area contributed by atoms with Gasteiger partial charge in [0.1, 0.15) is 0 Å². The van der Waals surface area contributed by atoms with Crippen LogP contribution < -0.4 is 0 Å². The van der Waals surface area contributed by atoms with Gasteiger partial charge < -0.3 is 0 Å². The van der Waals surface area contributed by atoms with Gasteiger partial charge in [0.2, 0.25) is 0 Å². The molecule has 0 saturated carbocycles. The SMILES string of the molecule is CCCC[Te]/C(C)=C(/C(O)CCC)S(=O)c1ccccc1. The fourth-order valence-electron chi connectivity index (χ4n) is 2.01. The summed E-state index contributed by atoms with van der Waals surface area (Å²) in [7, 11) is -1.23. The van der Waals surface area contributed by atoms with Crippen molar-refractivity contribution in [3.05, 3.63) is 38.9 Å². The summed E-state index contributed by atoms with van der Waals surface area (Å²) in [4.78, 5) is 1.58. The number of hydrogen-bond donors (Lipinski definition) is 1. The molecule has 1 aromatic carbocycles. The van der Waals surface area contributed by atoms with E-state index in [1.165, 1.54) is 20.9 Å². The van der Waals surface area contributed by atoms with E-state index in [2.05, 4.69) is 20.8 Å². The van der Waals surface area contributed by atoms with Gasteiger partial charge in [0.25, 0.3) is 0 Å². The van der Waals surface area contributed by atoms with Gasteiger partial charge in [-0.05, 0) is 0 Å². The standard InChI is InChI=1S/C17H26O2STe/c1-4-6-13-21-14(3)17(16(18)10-5-2)20(19)15-11-8-7-9-12-15/h7-9,11-12,16,18H,4-6,10,13H2,1-3H3/b17-14-. The second-order valence-electron chi connectivity index (χ2n) is 5.01. The van der Waals surface area contributed by atoms with Crippen molar-refractivity contribution in [3.63, 3.8) is 0 Å². The predicted molar refractivity (Wildman–Crippen MR) is 91.9 cm³/mol. The minimum absolute atomic E-state index is 0.319. The van der Waals surface area contributed by atoms with Crippen LogP contribution >= 0.6 is 0 Å². The van der Waals surface area contributed by atoms with Crippen molar-refractivity contribution in [2.45, 2.75) is 61.9 Å². The second-order valence-corrected chi connectivity index (χ2v) is 10.2. The molecule has 1 aromatic rings. The molecule has 0 spiro atoms. The van der Waals surface area contributed by atoms with Crippen LogP contribution in [0.15, 0.2) is 43.8 Å². The summed E-state index contributed by atoms with van der Waals surface area (Å²) in [5.74, 6) is 0. The Morgan fingerprint density at radius 2 is 1.90 bits per heavy atom. The molecule has 2 atom stereocenters. The van der Waals surface area contributed by atoms with Crippen LogP contribution in [0.1, 0.15) is 46.5 Å². The van der Waals surface area contributed by atoms with E-state index in [-0.39, 0.29) is 20.9 Å². The zero-order valence-corrected chi connectivity index (χ0v) is 16.3. The summed E-state index contributed by atoms with van der Waals surface area (Å²) < 4.78 is 15.3. The van der Waals surface area contributed by atoms with Crippen LogP contribution in [-0.4, -0.2) is 36.3 Å². The van der Waals surface area contributed by atoms with Crippen LogP contribution in [0.3, 0.4) is 0 Å². The number of hydrogen-bond acceptors (Lipinski definition) is 2. The molecule has 0 heterocycles. The fraction of sp³-hybridized carbons (Fsp3) is 0.529. The predicted octanol–water partition coefficient (Wildman–Crippen LogP) is 4.11. The fourth-order valence-corrected chi connectivity index (χ4v) is 7.24. The van der Waals surface area contributed by atoms with Gasteiger partial charge in [-0.15, -0.1) is 0 Å². The van der Waals surface area contributed by atoms with Gasteiger partial charge in [0.05, 0.1) is 0 Å². The van der Waals surface area contributed by atoms with E-state index in [1.54, 1.807) is 0 Å². The van der Waals surface area contributed by atoms with Gasteiger partial charge in [-0.3, -0.25) is 0 Å². The third-order valence-corrected chi connectivity index (χ3v) is 8.54. The molecule has 0 aliphatic carbocycles. The molecule has 1 rings (SSSR count). The first kappa shape index (κ1) is 18.9. The summed E-state index contributed by atoms with van der Waals surface area (Å²) in [5.41, 5.74) is 0. The molecule has 0 aromatic heterocycles. The number of unbranched alkanes of at least 4 members (excludes halogenated alkanes) is 1. The van der Waals surface area contributed by atoms with Gasteiger partial charge >= 0.3 is 142 Å². The van der Waals surface area contributed by atoms with Crippen molar-refractivity contribution in [3.8, 4) is 0 Å². The average molecular weight is 422 g/mol. The molecule has 21 heavy (non-hydrogen) atoms. The quantitative estimate of drug-likeness (QED) is 0.481. The molecule has 0 bridgehead atoms. The van der Waals surface area contributed by atoms with E-state index in [9.17, 15) is 9.32 Å². The third-order valence-electron chi connectivity index (χ3n) is 3.19. The molecule has 0 fully saturated rings. The Kier molecular flexibility index (Phi) is 9.51. The number of rotatable bonds is 9. The molecule has 0 radical (unpaired) electrons. The van der Waals surface area contributed by atoms with E-state index in [1.807, 2.05) is 30.3 Å². The van der Waals surface area contributed by atoms with Crippen molar-refractivity contribution in [1.82, 2.24) is 0 Å². The summed E-state index contributed by atoms with van der Waals surface area (Å²) in [5, 5.41) is 10.4. The van der Waals surface area contributed by atoms with Crippen molar-refractivity contribution >= 4 is 31.7 Å². The molecular weight excluding hydrogens is 396 g/mol. The summed E-state index contributed by atoms with van der Waals surface area (Å²) >= 11 is -0.319. The van der Waals surface area contributed by atoms with E-state index >= 15 is 0 Å². The summed E-state index contributed by atoms with van der Waals surface area (Å²) in [6.07, 6.45) is 3.45. The first-order valence-electron chi connectivity index (χ1n) is 7.60. The number of benzene rings is 1. The van der Waals surface area contributed by atoms with Gasteiger partial charge in [0, 0.05) is 0 Å². The number of aliphatic hydroxyl groups excluding tert-OH is 1. The second kappa shape index (κ2) is 10.6. The van der Waals surface area contributed by atoms with Crippen LogP contribution in [0.5, 0.6) is 0 Å². The van der Waals surface area contributed by atoms with Crippen molar-refractivity contribution < 1.29 is 9.32 Å². The molecule has 118 valence electrons. The Morgan fingerprint density at radius 1 is 1.24 bits per heavy atom. The molecule has 4 heteroatoms. The molecular formula is C17H26O2STe. The normalized spacial score (nSPS) is 15.4. The molecule has 0 saturated heterocycles.